The van der Waals surface area contributed by atoms with Gasteiger partial charge in [-0.2, -0.15) is 0 Å². The number of anilines is 1. The van der Waals surface area contributed by atoms with E-state index in [2.05, 4.69) is 0 Å². The van der Waals surface area contributed by atoms with Gasteiger partial charge in [0.05, 0.1) is 11.6 Å². The number of carbonyl (C=O) groups excluding carboxylic acids is 4. The molecule has 1 atom stereocenters. The maximum Gasteiger partial charge on any atom is 0.316 e. The van der Waals surface area contributed by atoms with Crippen molar-refractivity contribution in [2.75, 3.05) is 11.4 Å². The fourth-order valence-electron chi connectivity index (χ4n) is 3.61. The summed E-state index contributed by atoms with van der Waals surface area (Å²) in [5.41, 5.74) is 1.47. The number of hydrogen-bond acceptors (Lipinski definition) is 5. The molecule has 0 unspecified atom stereocenters. The van der Waals surface area contributed by atoms with Crippen molar-refractivity contribution in [2.24, 2.45) is 5.92 Å². The zero-order valence-corrected chi connectivity index (χ0v) is 15.7. The Hall–Kier alpha value is -3.48. The molecule has 0 radical (unpaired) electrons. The van der Waals surface area contributed by atoms with E-state index in [1.54, 1.807) is 29.2 Å². The molecule has 2 heterocycles. The molecule has 4 rings (SSSR count). The van der Waals surface area contributed by atoms with Crippen LogP contribution in [-0.2, 0) is 25.7 Å². The fraction of sp³-hybridized carbons (Fsp3) is 0.273. The minimum atomic E-state index is -0.521. The van der Waals surface area contributed by atoms with Crippen molar-refractivity contribution in [1.29, 1.82) is 0 Å². The normalized spacial score (nSPS) is 19.2. The average Bonchev–Trinajstić information content (AvgIpc) is 3.25. The zero-order chi connectivity index (χ0) is 20.4. The number of rotatable bonds is 5. The van der Waals surface area contributed by atoms with Crippen LogP contribution in [0, 0.1) is 5.92 Å². The Kier molecular flexibility index (Phi) is 5.12. The molecule has 29 heavy (non-hydrogen) atoms. The van der Waals surface area contributed by atoms with E-state index in [4.69, 9.17) is 4.74 Å². The van der Waals surface area contributed by atoms with Gasteiger partial charge in [0.25, 0.3) is 0 Å². The first-order valence-electron chi connectivity index (χ1n) is 9.50. The Balaban J connectivity index is 1.36. The highest BCUT2D eigenvalue weighted by Gasteiger charge is 2.35. The molecule has 3 amide bonds. The van der Waals surface area contributed by atoms with Crippen LogP contribution in [0.15, 0.2) is 54.6 Å². The van der Waals surface area contributed by atoms with E-state index in [0.717, 1.165) is 10.5 Å². The smallest absolute Gasteiger partial charge is 0.316 e. The number of ether oxygens (including phenoxy) is 1. The van der Waals surface area contributed by atoms with Crippen LogP contribution in [0.3, 0.4) is 0 Å². The molecule has 0 bridgehead atoms. The molecule has 2 aliphatic heterocycles. The fourth-order valence-corrected chi connectivity index (χ4v) is 3.61. The molecule has 2 aromatic rings. The minimum Gasteiger partial charge on any atom is -0.426 e. The summed E-state index contributed by atoms with van der Waals surface area (Å²) in [7, 11) is 0. The SMILES string of the molecule is O=C(Oc1ccc(N2C(=O)CCC2=O)cc1)[C@H]1CC(=O)N(Cc2ccccc2)C1. The van der Waals surface area contributed by atoms with Crippen molar-refractivity contribution >= 4 is 29.4 Å². The molecular weight excluding hydrogens is 372 g/mol. The predicted molar refractivity (Wildman–Crippen MR) is 104 cm³/mol. The van der Waals surface area contributed by atoms with Crippen molar-refractivity contribution in [2.45, 2.75) is 25.8 Å². The van der Waals surface area contributed by atoms with E-state index in [1.807, 2.05) is 30.3 Å². The summed E-state index contributed by atoms with van der Waals surface area (Å²) < 4.78 is 5.41. The van der Waals surface area contributed by atoms with Crippen LogP contribution in [0.2, 0.25) is 0 Å². The highest BCUT2D eigenvalue weighted by Crippen LogP contribution is 2.26. The van der Waals surface area contributed by atoms with Gasteiger partial charge in [0.2, 0.25) is 17.7 Å². The highest BCUT2D eigenvalue weighted by molar-refractivity contribution is 6.19. The molecule has 2 saturated heterocycles. The van der Waals surface area contributed by atoms with E-state index in [9.17, 15) is 19.2 Å². The van der Waals surface area contributed by atoms with Crippen LogP contribution in [-0.4, -0.2) is 35.1 Å². The van der Waals surface area contributed by atoms with Gasteiger partial charge in [0.15, 0.2) is 0 Å². The number of esters is 1. The number of hydrogen-bond donors (Lipinski definition) is 0. The largest absolute Gasteiger partial charge is 0.426 e. The third kappa shape index (κ3) is 4.03. The molecule has 0 aliphatic carbocycles. The Morgan fingerprint density at radius 3 is 2.21 bits per heavy atom. The lowest BCUT2D eigenvalue weighted by atomic mass is 10.1. The van der Waals surface area contributed by atoms with E-state index < -0.39 is 11.9 Å². The summed E-state index contributed by atoms with van der Waals surface area (Å²) in [5.74, 6) is -1.21. The van der Waals surface area contributed by atoms with Crippen molar-refractivity contribution in [1.82, 2.24) is 4.90 Å². The maximum absolute atomic E-state index is 12.5. The Morgan fingerprint density at radius 2 is 1.55 bits per heavy atom. The number of benzene rings is 2. The van der Waals surface area contributed by atoms with Crippen LogP contribution in [0.4, 0.5) is 5.69 Å². The molecule has 7 nitrogen and oxygen atoms in total. The summed E-state index contributed by atoms with van der Waals surface area (Å²) in [6.07, 6.45) is 0.552. The number of imide groups is 1. The van der Waals surface area contributed by atoms with Crippen LogP contribution in [0.5, 0.6) is 5.75 Å². The minimum absolute atomic E-state index is 0.0720. The summed E-state index contributed by atoms with van der Waals surface area (Å²) in [6, 6.07) is 15.9. The second kappa shape index (κ2) is 7.87. The van der Waals surface area contributed by atoms with Crippen LogP contribution in [0.25, 0.3) is 0 Å². The lowest BCUT2D eigenvalue weighted by Gasteiger charge is -2.16. The van der Waals surface area contributed by atoms with E-state index in [1.165, 1.54) is 0 Å². The second-order valence-corrected chi connectivity index (χ2v) is 7.20. The average molecular weight is 392 g/mol. The van der Waals surface area contributed by atoms with Crippen LogP contribution < -0.4 is 9.64 Å². The van der Waals surface area contributed by atoms with Gasteiger partial charge >= 0.3 is 5.97 Å². The second-order valence-electron chi connectivity index (χ2n) is 7.20. The van der Waals surface area contributed by atoms with Gasteiger partial charge in [-0.25, -0.2) is 0 Å². The van der Waals surface area contributed by atoms with E-state index in [-0.39, 0.29) is 37.0 Å². The monoisotopic (exact) mass is 392 g/mol. The molecule has 2 fully saturated rings. The molecule has 0 spiro atoms. The standard InChI is InChI=1S/C22H20N2O5/c25-19-10-11-20(26)24(19)17-6-8-18(9-7-17)29-22(28)16-12-21(27)23(14-16)13-15-4-2-1-3-5-15/h1-9,16H,10-14H2/t16-/m0/s1. The molecule has 0 aromatic heterocycles. The van der Waals surface area contributed by atoms with Crippen molar-refractivity contribution in [3.05, 3.63) is 60.2 Å². The van der Waals surface area contributed by atoms with Crippen molar-refractivity contribution < 1.29 is 23.9 Å². The van der Waals surface area contributed by atoms with Crippen LogP contribution in [0.1, 0.15) is 24.8 Å². The summed E-state index contributed by atoms with van der Waals surface area (Å²) in [6.45, 7) is 0.789. The van der Waals surface area contributed by atoms with E-state index in [0.29, 0.717) is 24.5 Å². The molecule has 148 valence electrons. The molecule has 2 aliphatic rings. The molecule has 2 aromatic carbocycles. The quantitative estimate of drug-likeness (QED) is 0.443. The van der Waals surface area contributed by atoms with Gasteiger partial charge in [-0.15, -0.1) is 0 Å². The van der Waals surface area contributed by atoms with Gasteiger partial charge in [-0.05, 0) is 29.8 Å². The third-order valence-corrected chi connectivity index (χ3v) is 5.13. The van der Waals surface area contributed by atoms with Crippen LogP contribution >= 0.6 is 0 Å². The summed E-state index contributed by atoms with van der Waals surface area (Å²) >= 11 is 0. The first kappa shape index (κ1) is 18.9. The Bertz CT molecular complexity index is 939. The molecule has 0 saturated carbocycles. The van der Waals surface area contributed by atoms with Gasteiger partial charge in [0.1, 0.15) is 5.75 Å². The number of amides is 3. The summed E-state index contributed by atoms with van der Waals surface area (Å²) in [5, 5.41) is 0. The predicted octanol–water partition coefficient (Wildman–Crippen LogP) is 2.29. The van der Waals surface area contributed by atoms with Gasteiger partial charge in [0, 0.05) is 32.4 Å². The number of carbonyl (C=O) groups is 4. The highest BCUT2D eigenvalue weighted by atomic mass is 16.5. The third-order valence-electron chi connectivity index (χ3n) is 5.13. The summed E-state index contributed by atoms with van der Waals surface area (Å²) in [4.78, 5) is 51.1. The lowest BCUT2D eigenvalue weighted by molar-refractivity contribution is -0.139. The van der Waals surface area contributed by atoms with Gasteiger partial charge in [-0.3, -0.25) is 24.1 Å². The molecule has 7 heteroatoms. The van der Waals surface area contributed by atoms with Crippen molar-refractivity contribution in [3.63, 3.8) is 0 Å². The van der Waals surface area contributed by atoms with Gasteiger partial charge < -0.3 is 9.64 Å². The van der Waals surface area contributed by atoms with E-state index >= 15 is 0 Å². The Morgan fingerprint density at radius 1 is 0.897 bits per heavy atom. The van der Waals surface area contributed by atoms with Gasteiger partial charge in [-0.1, -0.05) is 30.3 Å². The van der Waals surface area contributed by atoms with Crippen molar-refractivity contribution in [3.8, 4) is 5.75 Å². The first-order chi connectivity index (χ1) is 14.0. The zero-order valence-electron chi connectivity index (χ0n) is 15.7. The topological polar surface area (TPSA) is 84.0 Å². The molecular formula is C22H20N2O5. The number of nitrogens with zero attached hydrogens (tertiary/aromatic N) is 2. The Labute approximate surface area is 167 Å². The first-order valence-corrected chi connectivity index (χ1v) is 9.50. The molecule has 0 N–H and O–H groups in total. The number of likely N-dealkylation sites (tertiary alicyclic amines) is 1. The lowest BCUT2D eigenvalue weighted by Crippen LogP contribution is -2.28. The maximum atomic E-state index is 12.5.